The van der Waals surface area contributed by atoms with Crippen LogP contribution in [0.5, 0.6) is 0 Å². The van der Waals surface area contributed by atoms with E-state index in [2.05, 4.69) is 15.6 Å². The van der Waals surface area contributed by atoms with Crippen molar-refractivity contribution in [3.05, 3.63) is 24.5 Å². The molecule has 4 heteroatoms. The maximum Gasteiger partial charge on any atom is 0.0591 e. The van der Waals surface area contributed by atoms with Crippen molar-refractivity contribution in [1.82, 2.24) is 10.3 Å². The highest BCUT2D eigenvalue weighted by Crippen LogP contribution is 1.99. The fourth-order valence-corrected chi connectivity index (χ4v) is 1.03. The number of nitrogens with zero attached hydrogens (tertiary/aromatic N) is 1. The lowest BCUT2D eigenvalue weighted by atomic mass is 10.4. The molecule has 1 fully saturated rings. The van der Waals surface area contributed by atoms with Crippen LogP contribution in [0.25, 0.3) is 0 Å². The van der Waals surface area contributed by atoms with Crippen LogP contribution in [0.15, 0.2) is 24.5 Å². The smallest absolute Gasteiger partial charge is 0.0591 e. The molecule has 1 saturated heterocycles. The monoisotopic (exact) mass is 195 g/mol. The average Bonchev–Trinajstić information content (AvgIpc) is 2.33. The number of hydrogen-bond acceptors (Lipinski definition) is 4. The van der Waals surface area contributed by atoms with Gasteiger partial charge in [0.25, 0.3) is 0 Å². The van der Waals surface area contributed by atoms with Gasteiger partial charge in [-0.3, -0.25) is 4.98 Å². The minimum Gasteiger partial charge on any atom is -0.388 e. The molecule has 0 aliphatic carbocycles. The summed E-state index contributed by atoms with van der Waals surface area (Å²) in [5.41, 5.74) is 1.10. The lowest BCUT2D eigenvalue weighted by Crippen LogP contribution is -2.30. The molecular formula is C10H17N3O. The standard InChI is InChI=1S/C6H8N2.C4H9NO/c1-7-6-2-4-8-5-3-6;1-3-6-4-2-5-1/h2-5H,1H3,(H,7,8);5H,1-4H2. The fraction of sp³-hybridized carbons (Fsp3) is 0.500. The van der Waals surface area contributed by atoms with Gasteiger partial charge in [-0.1, -0.05) is 0 Å². The first kappa shape index (κ1) is 10.9. The van der Waals surface area contributed by atoms with Crippen LogP contribution in [-0.2, 0) is 4.74 Å². The first-order valence-electron chi connectivity index (χ1n) is 4.79. The van der Waals surface area contributed by atoms with Crippen molar-refractivity contribution in [2.75, 3.05) is 38.7 Å². The zero-order chi connectivity index (χ0) is 10.1. The van der Waals surface area contributed by atoms with Gasteiger partial charge in [0.15, 0.2) is 0 Å². The van der Waals surface area contributed by atoms with E-state index < -0.39 is 0 Å². The number of pyridine rings is 1. The molecule has 1 aliphatic rings. The second-order valence-corrected chi connectivity index (χ2v) is 2.85. The van der Waals surface area contributed by atoms with E-state index in [9.17, 15) is 0 Å². The van der Waals surface area contributed by atoms with Crippen molar-refractivity contribution < 1.29 is 4.74 Å². The van der Waals surface area contributed by atoms with Crippen LogP contribution in [0, 0.1) is 0 Å². The Morgan fingerprint density at radius 2 is 1.93 bits per heavy atom. The second kappa shape index (κ2) is 7.29. The summed E-state index contributed by atoms with van der Waals surface area (Å²) in [7, 11) is 1.88. The SMILES string of the molecule is C1COCCN1.CNc1ccncc1. The summed E-state index contributed by atoms with van der Waals surface area (Å²) in [4.78, 5) is 3.85. The van der Waals surface area contributed by atoms with Gasteiger partial charge in [0.05, 0.1) is 13.2 Å². The second-order valence-electron chi connectivity index (χ2n) is 2.85. The normalized spacial score (nSPS) is 15.2. The van der Waals surface area contributed by atoms with Gasteiger partial charge in [-0.25, -0.2) is 0 Å². The molecule has 1 aliphatic heterocycles. The van der Waals surface area contributed by atoms with E-state index in [-0.39, 0.29) is 0 Å². The molecule has 2 N–H and O–H groups in total. The van der Waals surface area contributed by atoms with Gasteiger partial charge in [0.2, 0.25) is 0 Å². The van der Waals surface area contributed by atoms with Crippen molar-refractivity contribution in [2.45, 2.75) is 0 Å². The predicted octanol–water partition coefficient (Wildman–Crippen LogP) is 0.729. The molecule has 0 spiro atoms. The number of nitrogens with one attached hydrogen (secondary N) is 2. The summed E-state index contributed by atoms with van der Waals surface area (Å²) in [6, 6.07) is 3.83. The molecule has 1 aromatic heterocycles. The average molecular weight is 195 g/mol. The van der Waals surface area contributed by atoms with E-state index in [1.807, 2.05) is 19.2 Å². The molecule has 2 rings (SSSR count). The Balaban J connectivity index is 0.000000146. The van der Waals surface area contributed by atoms with Gasteiger partial charge in [-0.05, 0) is 12.1 Å². The van der Waals surface area contributed by atoms with Gasteiger partial charge in [0, 0.05) is 38.2 Å². The molecule has 4 nitrogen and oxygen atoms in total. The Kier molecular flexibility index (Phi) is 5.70. The molecule has 14 heavy (non-hydrogen) atoms. The van der Waals surface area contributed by atoms with Crippen molar-refractivity contribution in [2.24, 2.45) is 0 Å². The number of aromatic nitrogens is 1. The van der Waals surface area contributed by atoms with Crippen LogP contribution in [-0.4, -0.2) is 38.3 Å². The van der Waals surface area contributed by atoms with Crippen molar-refractivity contribution in [1.29, 1.82) is 0 Å². The first-order chi connectivity index (χ1) is 6.93. The van der Waals surface area contributed by atoms with E-state index in [4.69, 9.17) is 4.74 Å². The fourth-order valence-electron chi connectivity index (χ4n) is 1.03. The van der Waals surface area contributed by atoms with Crippen LogP contribution in [0.1, 0.15) is 0 Å². The lowest BCUT2D eigenvalue weighted by molar-refractivity contribution is 0.109. The van der Waals surface area contributed by atoms with Gasteiger partial charge in [0.1, 0.15) is 0 Å². The highest BCUT2D eigenvalue weighted by atomic mass is 16.5. The van der Waals surface area contributed by atoms with E-state index in [1.165, 1.54) is 0 Å². The van der Waals surface area contributed by atoms with E-state index in [0.29, 0.717) is 0 Å². The van der Waals surface area contributed by atoms with Gasteiger partial charge >= 0.3 is 0 Å². The number of morpholine rings is 1. The third-order valence-corrected chi connectivity index (χ3v) is 1.82. The summed E-state index contributed by atoms with van der Waals surface area (Å²) in [5, 5.41) is 6.15. The van der Waals surface area contributed by atoms with Gasteiger partial charge in [-0.2, -0.15) is 0 Å². The predicted molar refractivity (Wildman–Crippen MR) is 57.5 cm³/mol. The van der Waals surface area contributed by atoms with E-state index in [0.717, 1.165) is 32.0 Å². The molecule has 0 unspecified atom stereocenters. The van der Waals surface area contributed by atoms with Crippen LogP contribution >= 0.6 is 0 Å². The van der Waals surface area contributed by atoms with Crippen LogP contribution in [0.3, 0.4) is 0 Å². The minimum absolute atomic E-state index is 0.889. The summed E-state index contributed by atoms with van der Waals surface area (Å²) in [5.74, 6) is 0. The largest absolute Gasteiger partial charge is 0.388 e. The van der Waals surface area contributed by atoms with Crippen molar-refractivity contribution >= 4 is 5.69 Å². The summed E-state index contributed by atoms with van der Waals surface area (Å²) >= 11 is 0. The zero-order valence-electron chi connectivity index (χ0n) is 8.49. The molecule has 0 saturated carbocycles. The Hall–Kier alpha value is -1.13. The summed E-state index contributed by atoms with van der Waals surface area (Å²) < 4.78 is 5.01. The molecular weight excluding hydrogens is 178 g/mol. The molecule has 0 radical (unpaired) electrons. The Labute approximate surface area is 84.7 Å². The van der Waals surface area contributed by atoms with Crippen LogP contribution in [0.2, 0.25) is 0 Å². The van der Waals surface area contributed by atoms with E-state index >= 15 is 0 Å². The molecule has 0 aromatic carbocycles. The van der Waals surface area contributed by atoms with Crippen LogP contribution < -0.4 is 10.6 Å². The third-order valence-electron chi connectivity index (χ3n) is 1.82. The van der Waals surface area contributed by atoms with Gasteiger partial charge in [-0.15, -0.1) is 0 Å². The highest BCUT2D eigenvalue weighted by molar-refractivity contribution is 5.39. The molecule has 78 valence electrons. The first-order valence-corrected chi connectivity index (χ1v) is 4.79. The lowest BCUT2D eigenvalue weighted by Gasteiger charge is -2.10. The minimum atomic E-state index is 0.889. The summed E-state index contributed by atoms with van der Waals surface area (Å²) in [6.07, 6.45) is 3.51. The summed E-state index contributed by atoms with van der Waals surface area (Å²) in [6.45, 7) is 3.83. The van der Waals surface area contributed by atoms with Crippen molar-refractivity contribution in [3.63, 3.8) is 0 Å². The molecule has 2 heterocycles. The number of ether oxygens (including phenoxy) is 1. The Bertz CT molecular complexity index is 213. The Morgan fingerprint density at radius 3 is 2.21 bits per heavy atom. The van der Waals surface area contributed by atoms with Crippen LogP contribution in [0.4, 0.5) is 5.69 Å². The number of anilines is 1. The third kappa shape index (κ3) is 4.79. The molecule has 0 amide bonds. The quantitative estimate of drug-likeness (QED) is 0.693. The zero-order valence-corrected chi connectivity index (χ0v) is 8.49. The number of rotatable bonds is 1. The Morgan fingerprint density at radius 1 is 1.29 bits per heavy atom. The molecule has 0 atom stereocenters. The maximum atomic E-state index is 5.01. The molecule has 0 bridgehead atoms. The van der Waals surface area contributed by atoms with Crippen molar-refractivity contribution in [3.8, 4) is 0 Å². The molecule has 1 aromatic rings. The van der Waals surface area contributed by atoms with E-state index in [1.54, 1.807) is 12.4 Å². The topological polar surface area (TPSA) is 46.2 Å². The highest BCUT2D eigenvalue weighted by Gasteiger charge is 1.92. The number of hydrogen-bond donors (Lipinski definition) is 2. The maximum absolute atomic E-state index is 5.01. The van der Waals surface area contributed by atoms with Gasteiger partial charge < -0.3 is 15.4 Å².